The van der Waals surface area contributed by atoms with E-state index in [1.54, 1.807) is 19.2 Å². The minimum Gasteiger partial charge on any atom is -0.496 e. The Morgan fingerprint density at radius 3 is 2.32 bits per heavy atom. The maximum absolute atomic E-state index is 12.1. The highest BCUT2D eigenvalue weighted by Crippen LogP contribution is 2.19. The van der Waals surface area contributed by atoms with Crippen molar-refractivity contribution in [3.8, 4) is 5.75 Å². The number of ketones is 1. The summed E-state index contributed by atoms with van der Waals surface area (Å²) in [4.78, 5) is 24.0. The maximum atomic E-state index is 12.1. The van der Waals surface area contributed by atoms with Gasteiger partial charge in [0, 0.05) is 24.9 Å². The van der Waals surface area contributed by atoms with Crippen molar-refractivity contribution >= 4 is 11.7 Å². The van der Waals surface area contributed by atoms with Gasteiger partial charge in [0.1, 0.15) is 5.75 Å². The summed E-state index contributed by atoms with van der Waals surface area (Å²) in [5.74, 6) is 0.719. The van der Waals surface area contributed by atoms with Gasteiger partial charge in [0.15, 0.2) is 5.78 Å². The maximum Gasteiger partial charge on any atom is 0.220 e. The van der Waals surface area contributed by atoms with Crippen LogP contribution in [0.3, 0.4) is 0 Å². The molecule has 0 fully saturated rings. The second-order valence-electron chi connectivity index (χ2n) is 6.20. The zero-order valence-electron chi connectivity index (χ0n) is 15.1. The first kappa shape index (κ1) is 18.7. The molecule has 0 bridgehead atoms. The van der Waals surface area contributed by atoms with Gasteiger partial charge in [-0.05, 0) is 31.9 Å². The second kappa shape index (κ2) is 9.02. The highest BCUT2D eigenvalue weighted by molar-refractivity contribution is 5.97. The smallest absolute Gasteiger partial charge is 0.220 e. The van der Waals surface area contributed by atoms with Crippen LogP contribution in [0.5, 0.6) is 5.75 Å². The largest absolute Gasteiger partial charge is 0.496 e. The van der Waals surface area contributed by atoms with Crippen LogP contribution in [0.4, 0.5) is 0 Å². The summed E-state index contributed by atoms with van der Waals surface area (Å²) in [5, 5.41) is 2.87. The minimum absolute atomic E-state index is 0.00416. The summed E-state index contributed by atoms with van der Waals surface area (Å²) >= 11 is 0. The lowest BCUT2D eigenvalue weighted by Gasteiger charge is -2.10. The van der Waals surface area contributed by atoms with Crippen LogP contribution in [-0.4, -0.2) is 25.3 Å². The number of ether oxygens (including phenoxy) is 1. The molecule has 4 heteroatoms. The van der Waals surface area contributed by atoms with Gasteiger partial charge >= 0.3 is 0 Å². The van der Waals surface area contributed by atoms with Crippen molar-refractivity contribution in [2.24, 2.45) is 0 Å². The van der Waals surface area contributed by atoms with Crippen molar-refractivity contribution in [3.63, 3.8) is 0 Å². The molecule has 0 aliphatic carbocycles. The Labute approximate surface area is 149 Å². The number of hydrogen-bond acceptors (Lipinski definition) is 3. The molecule has 0 unspecified atom stereocenters. The second-order valence-corrected chi connectivity index (χ2v) is 6.20. The summed E-state index contributed by atoms with van der Waals surface area (Å²) in [5.41, 5.74) is 3.99. The van der Waals surface area contributed by atoms with Crippen LogP contribution in [0, 0.1) is 13.8 Å². The van der Waals surface area contributed by atoms with E-state index in [0.29, 0.717) is 18.5 Å². The molecule has 2 rings (SSSR count). The van der Waals surface area contributed by atoms with Gasteiger partial charge in [-0.15, -0.1) is 0 Å². The fourth-order valence-corrected chi connectivity index (χ4v) is 2.64. The van der Waals surface area contributed by atoms with E-state index in [0.717, 1.165) is 22.4 Å². The Balaban J connectivity index is 1.76. The fourth-order valence-electron chi connectivity index (χ4n) is 2.64. The monoisotopic (exact) mass is 339 g/mol. The molecule has 0 saturated carbocycles. The Bertz CT molecular complexity index is 735. The number of carbonyl (C=O) groups is 2. The Morgan fingerprint density at radius 2 is 1.64 bits per heavy atom. The summed E-state index contributed by atoms with van der Waals surface area (Å²) < 4.78 is 5.34. The minimum atomic E-state index is -0.105. The topological polar surface area (TPSA) is 55.4 Å². The molecule has 0 heterocycles. The van der Waals surface area contributed by atoms with Crippen molar-refractivity contribution in [3.05, 3.63) is 64.7 Å². The number of carbonyl (C=O) groups excluding carboxylic acids is 2. The van der Waals surface area contributed by atoms with Crippen LogP contribution in [0.2, 0.25) is 0 Å². The molecule has 132 valence electrons. The molecule has 0 aromatic heterocycles. The molecular weight excluding hydrogens is 314 g/mol. The van der Waals surface area contributed by atoms with E-state index in [1.807, 2.05) is 38.1 Å². The van der Waals surface area contributed by atoms with E-state index in [1.165, 1.54) is 0 Å². The molecule has 1 amide bonds. The SMILES string of the molecule is COc1ccc(C)cc1CCNC(=O)CCC(=O)c1ccc(C)cc1. The summed E-state index contributed by atoms with van der Waals surface area (Å²) in [7, 11) is 1.64. The van der Waals surface area contributed by atoms with E-state index in [9.17, 15) is 9.59 Å². The first-order valence-electron chi connectivity index (χ1n) is 8.49. The molecule has 0 radical (unpaired) electrons. The van der Waals surface area contributed by atoms with Crippen molar-refractivity contribution in [1.29, 1.82) is 0 Å². The number of Topliss-reactive ketones (excluding diaryl/α,β-unsaturated/α-hetero) is 1. The van der Waals surface area contributed by atoms with Crippen LogP contribution in [0.25, 0.3) is 0 Å². The average Bonchev–Trinajstić information content (AvgIpc) is 2.60. The number of amides is 1. The van der Waals surface area contributed by atoms with Gasteiger partial charge in [-0.3, -0.25) is 9.59 Å². The molecule has 0 saturated heterocycles. The van der Waals surface area contributed by atoms with E-state index < -0.39 is 0 Å². The number of nitrogens with one attached hydrogen (secondary N) is 1. The van der Waals surface area contributed by atoms with E-state index in [2.05, 4.69) is 11.4 Å². The standard InChI is InChI=1S/C21H25NO3/c1-15-4-7-17(8-5-15)19(23)9-11-21(24)22-13-12-18-14-16(2)6-10-20(18)25-3/h4-8,10,14H,9,11-13H2,1-3H3,(H,22,24). The molecule has 2 aromatic carbocycles. The van der Waals surface area contributed by atoms with Crippen LogP contribution in [0.15, 0.2) is 42.5 Å². The third kappa shape index (κ3) is 5.75. The van der Waals surface area contributed by atoms with Crippen LogP contribution < -0.4 is 10.1 Å². The third-order valence-corrected chi connectivity index (χ3v) is 4.11. The van der Waals surface area contributed by atoms with E-state index >= 15 is 0 Å². The number of aryl methyl sites for hydroxylation is 2. The van der Waals surface area contributed by atoms with Crippen molar-refractivity contribution in [2.75, 3.05) is 13.7 Å². The van der Waals surface area contributed by atoms with Gasteiger partial charge in [-0.1, -0.05) is 47.5 Å². The summed E-state index contributed by atoms with van der Waals surface area (Å²) in [6, 6.07) is 13.4. The highest BCUT2D eigenvalue weighted by atomic mass is 16.5. The fraction of sp³-hybridized carbons (Fsp3) is 0.333. The lowest BCUT2D eigenvalue weighted by molar-refractivity contribution is -0.121. The first-order chi connectivity index (χ1) is 12.0. The number of benzene rings is 2. The molecule has 4 nitrogen and oxygen atoms in total. The molecule has 0 atom stereocenters. The third-order valence-electron chi connectivity index (χ3n) is 4.11. The van der Waals surface area contributed by atoms with Gasteiger partial charge in [0.05, 0.1) is 7.11 Å². The lowest BCUT2D eigenvalue weighted by atomic mass is 10.0. The zero-order chi connectivity index (χ0) is 18.2. The predicted octanol–water partition coefficient (Wildman–Crippen LogP) is 3.63. The Morgan fingerprint density at radius 1 is 0.960 bits per heavy atom. The first-order valence-corrected chi connectivity index (χ1v) is 8.49. The molecule has 0 aliphatic rings. The number of methoxy groups -OCH3 is 1. The van der Waals surface area contributed by atoms with Gasteiger partial charge in [0.2, 0.25) is 5.91 Å². The van der Waals surface area contributed by atoms with Crippen molar-refractivity contribution in [1.82, 2.24) is 5.32 Å². The quantitative estimate of drug-likeness (QED) is 0.747. The van der Waals surface area contributed by atoms with Crippen LogP contribution >= 0.6 is 0 Å². The summed E-state index contributed by atoms with van der Waals surface area (Å²) in [6.07, 6.45) is 1.13. The van der Waals surface area contributed by atoms with E-state index in [4.69, 9.17) is 4.74 Å². The lowest BCUT2D eigenvalue weighted by Crippen LogP contribution is -2.26. The van der Waals surface area contributed by atoms with Crippen molar-refractivity contribution < 1.29 is 14.3 Å². The molecule has 2 aromatic rings. The molecule has 25 heavy (non-hydrogen) atoms. The number of hydrogen-bond donors (Lipinski definition) is 1. The van der Waals surface area contributed by atoms with E-state index in [-0.39, 0.29) is 24.5 Å². The Hall–Kier alpha value is -2.62. The number of rotatable bonds is 8. The van der Waals surface area contributed by atoms with Gasteiger partial charge in [0.25, 0.3) is 0 Å². The normalized spacial score (nSPS) is 10.4. The van der Waals surface area contributed by atoms with Crippen LogP contribution in [0.1, 0.15) is 39.9 Å². The van der Waals surface area contributed by atoms with Gasteiger partial charge in [-0.2, -0.15) is 0 Å². The highest BCUT2D eigenvalue weighted by Gasteiger charge is 2.09. The Kier molecular flexibility index (Phi) is 6.75. The van der Waals surface area contributed by atoms with Crippen molar-refractivity contribution in [2.45, 2.75) is 33.1 Å². The van der Waals surface area contributed by atoms with Crippen LogP contribution in [-0.2, 0) is 11.2 Å². The summed E-state index contributed by atoms with van der Waals surface area (Å²) in [6.45, 7) is 4.53. The molecule has 0 aliphatic heterocycles. The predicted molar refractivity (Wildman–Crippen MR) is 99.2 cm³/mol. The molecule has 0 spiro atoms. The molecule has 1 N–H and O–H groups in total. The molecular formula is C21H25NO3. The zero-order valence-corrected chi connectivity index (χ0v) is 15.1. The van der Waals surface area contributed by atoms with Gasteiger partial charge in [-0.25, -0.2) is 0 Å². The van der Waals surface area contributed by atoms with Gasteiger partial charge < -0.3 is 10.1 Å². The average molecular weight is 339 g/mol.